The molecule has 0 aliphatic heterocycles. The highest BCUT2D eigenvalue weighted by Crippen LogP contribution is 2.27. The number of nitrogens with zero attached hydrogens (tertiary/aromatic N) is 2. The molecule has 6 nitrogen and oxygen atoms in total. The highest BCUT2D eigenvalue weighted by molar-refractivity contribution is 5.91. The molecule has 5 rings (SSSR count). The largest absolute Gasteiger partial charge is 0.457 e. The summed E-state index contributed by atoms with van der Waals surface area (Å²) in [5.74, 6) is 1.79. The molecule has 1 atom stereocenters. The zero-order valence-corrected chi connectivity index (χ0v) is 21.9. The highest BCUT2D eigenvalue weighted by atomic mass is 16.5. The van der Waals surface area contributed by atoms with Crippen LogP contribution in [0.15, 0.2) is 126 Å². The fraction of sp³-hybridized carbons (Fsp3) is 0.152. The van der Waals surface area contributed by atoms with E-state index in [-0.39, 0.29) is 17.6 Å². The second-order valence-electron chi connectivity index (χ2n) is 9.35. The van der Waals surface area contributed by atoms with Gasteiger partial charge < -0.3 is 14.5 Å². The third-order valence-electron chi connectivity index (χ3n) is 6.51. The Balaban J connectivity index is 1.31. The summed E-state index contributed by atoms with van der Waals surface area (Å²) in [5.41, 5.74) is 3.57. The lowest BCUT2D eigenvalue weighted by atomic mass is 10.1. The number of aromatic nitrogens is 1. The van der Waals surface area contributed by atoms with Gasteiger partial charge >= 0.3 is 0 Å². The maximum atomic E-state index is 12.7. The molecule has 1 heterocycles. The zero-order valence-electron chi connectivity index (χ0n) is 21.9. The minimum atomic E-state index is -0.262. The minimum absolute atomic E-state index is 0.0761. The molecule has 5 aromatic rings. The Morgan fingerprint density at radius 2 is 1.46 bits per heavy atom. The Morgan fingerprint density at radius 3 is 2.21 bits per heavy atom. The Labute approximate surface area is 228 Å². The zero-order chi connectivity index (χ0) is 26.9. The van der Waals surface area contributed by atoms with Crippen LogP contribution < -0.4 is 10.1 Å². The quantitative estimate of drug-likeness (QED) is 0.201. The molecule has 6 heteroatoms. The van der Waals surface area contributed by atoms with Crippen LogP contribution in [0.5, 0.6) is 11.5 Å². The first-order valence-electron chi connectivity index (χ1n) is 13.0. The molecule has 0 spiro atoms. The lowest BCUT2D eigenvalue weighted by Gasteiger charge is -2.28. The van der Waals surface area contributed by atoms with Crippen LogP contribution in [-0.2, 0) is 19.6 Å². The molecule has 0 saturated carbocycles. The molecule has 1 N–H and O–H groups in total. The number of benzene rings is 4. The number of oxazole rings is 1. The monoisotopic (exact) mass is 517 g/mol. The van der Waals surface area contributed by atoms with E-state index in [0.29, 0.717) is 25.5 Å². The molecule has 0 bridgehead atoms. The lowest BCUT2D eigenvalue weighted by molar-refractivity contribution is 0.0945. The number of carbonyl (C=O) groups is 1. The smallest absolute Gasteiger partial charge is 0.273 e. The number of hydrogen-bond acceptors (Lipinski definition) is 5. The molecule has 39 heavy (non-hydrogen) atoms. The molecule has 0 fully saturated rings. The Morgan fingerprint density at radius 1 is 0.821 bits per heavy atom. The molecule has 0 aliphatic carbocycles. The molecular formula is C33H31N3O3. The van der Waals surface area contributed by atoms with E-state index in [2.05, 4.69) is 46.4 Å². The van der Waals surface area contributed by atoms with Crippen LogP contribution in [0.2, 0.25) is 0 Å². The van der Waals surface area contributed by atoms with Crippen LogP contribution in [0.3, 0.4) is 0 Å². The van der Waals surface area contributed by atoms with Crippen LogP contribution in [-0.4, -0.2) is 15.8 Å². The minimum Gasteiger partial charge on any atom is -0.457 e. The summed E-state index contributed by atoms with van der Waals surface area (Å²) < 4.78 is 11.8. The first-order valence-corrected chi connectivity index (χ1v) is 13.0. The number of hydrogen-bond donors (Lipinski definition) is 1. The maximum Gasteiger partial charge on any atom is 0.273 e. The molecule has 4 aromatic carbocycles. The Bertz CT molecular complexity index is 1470. The van der Waals surface area contributed by atoms with Crippen molar-refractivity contribution >= 4 is 5.91 Å². The van der Waals surface area contributed by atoms with Crippen LogP contribution in [0, 0.1) is 0 Å². The van der Waals surface area contributed by atoms with E-state index in [4.69, 9.17) is 9.15 Å². The summed E-state index contributed by atoms with van der Waals surface area (Å²) in [5, 5.41) is 2.91. The van der Waals surface area contributed by atoms with Gasteiger partial charge in [-0.15, -0.1) is 0 Å². The van der Waals surface area contributed by atoms with Gasteiger partial charge in [-0.1, -0.05) is 91.0 Å². The van der Waals surface area contributed by atoms with Gasteiger partial charge in [0.15, 0.2) is 5.69 Å². The average molecular weight is 518 g/mol. The summed E-state index contributed by atoms with van der Waals surface area (Å²) in [6, 6.07) is 38.0. The van der Waals surface area contributed by atoms with Crippen molar-refractivity contribution in [3.05, 3.63) is 150 Å². The van der Waals surface area contributed by atoms with Crippen LogP contribution in [0.4, 0.5) is 0 Å². The van der Waals surface area contributed by atoms with E-state index < -0.39 is 0 Å². The maximum absolute atomic E-state index is 12.7. The van der Waals surface area contributed by atoms with Crippen molar-refractivity contribution in [2.24, 2.45) is 0 Å². The average Bonchev–Trinajstić information content (AvgIpc) is 3.46. The van der Waals surface area contributed by atoms with Crippen molar-refractivity contribution in [2.45, 2.75) is 32.6 Å². The SMILES string of the molecule is C[C@@H](c1ccccc1)N(Cc1cccc(Oc2ccccc2)c1)Cc1nc(C(=O)NCc2ccccc2)co1. The van der Waals surface area contributed by atoms with Gasteiger partial charge in [0, 0.05) is 19.1 Å². The standard InChI is InChI=1S/C33H31N3O3/c1-25(28-15-7-3-8-16-28)36(22-27-14-11-19-30(20-27)39-29-17-9-4-10-18-29)23-32-35-31(24-38-32)33(37)34-21-26-12-5-2-6-13-26/h2-20,24-25H,21-23H2,1H3,(H,34,37)/t25-/m0/s1. The molecule has 1 amide bonds. The van der Waals surface area contributed by atoms with Gasteiger partial charge in [0.25, 0.3) is 5.91 Å². The second kappa shape index (κ2) is 12.7. The van der Waals surface area contributed by atoms with E-state index in [1.165, 1.54) is 11.8 Å². The molecule has 196 valence electrons. The van der Waals surface area contributed by atoms with E-state index in [0.717, 1.165) is 22.6 Å². The first kappa shape index (κ1) is 25.9. The van der Waals surface area contributed by atoms with Crippen molar-refractivity contribution in [3.8, 4) is 11.5 Å². The predicted octanol–water partition coefficient (Wildman–Crippen LogP) is 7.16. The van der Waals surface area contributed by atoms with Gasteiger partial charge in [-0.05, 0) is 47.9 Å². The summed E-state index contributed by atoms with van der Waals surface area (Å²) in [4.78, 5) is 19.5. The normalized spacial score (nSPS) is 11.7. The van der Waals surface area contributed by atoms with Gasteiger partial charge in [0.1, 0.15) is 17.8 Å². The molecule has 0 unspecified atom stereocenters. The summed E-state index contributed by atoms with van der Waals surface area (Å²) in [6.45, 7) is 3.67. The number of nitrogens with one attached hydrogen (secondary N) is 1. The van der Waals surface area contributed by atoms with Gasteiger partial charge in [-0.3, -0.25) is 9.69 Å². The van der Waals surface area contributed by atoms with Gasteiger partial charge in [0.2, 0.25) is 5.89 Å². The van der Waals surface area contributed by atoms with Gasteiger partial charge in [-0.25, -0.2) is 4.98 Å². The van der Waals surface area contributed by atoms with Gasteiger partial charge in [-0.2, -0.15) is 0 Å². The first-order chi connectivity index (χ1) is 19.1. The Kier molecular flexibility index (Phi) is 8.46. The van der Waals surface area contributed by atoms with Gasteiger partial charge in [0.05, 0.1) is 6.54 Å². The van der Waals surface area contributed by atoms with Crippen molar-refractivity contribution in [1.29, 1.82) is 0 Å². The molecule has 0 aliphatic rings. The summed E-state index contributed by atoms with van der Waals surface area (Å²) in [7, 11) is 0. The third kappa shape index (κ3) is 7.21. The van der Waals surface area contributed by atoms with E-state index in [9.17, 15) is 4.79 Å². The Hall–Kier alpha value is -4.68. The number of rotatable bonds is 11. The number of amides is 1. The fourth-order valence-corrected chi connectivity index (χ4v) is 4.37. The van der Waals surface area contributed by atoms with Crippen LogP contribution in [0.25, 0.3) is 0 Å². The van der Waals surface area contributed by atoms with Crippen molar-refractivity contribution < 1.29 is 13.9 Å². The third-order valence-corrected chi connectivity index (χ3v) is 6.51. The van der Waals surface area contributed by atoms with E-state index in [1.54, 1.807) is 0 Å². The van der Waals surface area contributed by atoms with E-state index in [1.807, 2.05) is 91.0 Å². The number of ether oxygens (including phenoxy) is 1. The van der Waals surface area contributed by atoms with Crippen molar-refractivity contribution in [2.75, 3.05) is 0 Å². The van der Waals surface area contributed by atoms with Crippen molar-refractivity contribution in [3.63, 3.8) is 0 Å². The highest BCUT2D eigenvalue weighted by Gasteiger charge is 2.21. The van der Waals surface area contributed by atoms with E-state index >= 15 is 0 Å². The molecule has 1 aromatic heterocycles. The topological polar surface area (TPSA) is 67.6 Å². The second-order valence-corrected chi connectivity index (χ2v) is 9.35. The number of carbonyl (C=O) groups excluding carboxylic acids is 1. The summed E-state index contributed by atoms with van der Waals surface area (Å²) >= 11 is 0. The lowest BCUT2D eigenvalue weighted by Crippen LogP contribution is -2.27. The predicted molar refractivity (Wildman–Crippen MR) is 151 cm³/mol. The van der Waals surface area contributed by atoms with Crippen LogP contribution in [0.1, 0.15) is 46.0 Å². The van der Waals surface area contributed by atoms with Crippen LogP contribution >= 0.6 is 0 Å². The van der Waals surface area contributed by atoms with Crippen molar-refractivity contribution in [1.82, 2.24) is 15.2 Å². The molecule has 0 saturated heterocycles. The fourth-order valence-electron chi connectivity index (χ4n) is 4.37. The summed E-state index contributed by atoms with van der Waals surface area (Å²) in [6.07, 6.45) is 1.43. The molecular weight excluding hydrogens is 486 g/mol. The number of para-hydroxylation sites is 1. The molecule has 0 radical (unpaired) electrons.